The molecule has 1 aliphatic carbocycles. The van der Waals surface area contributed by atoms with Gasteiger partial charge in [0.1, 0.15) is 10.8 Å². The van der Waals surface area contributed by atoms with E-state index in [9.17, 15) is 4.79 Å². The second-order valence-electron chi connectivity index (χ2n) is 6.34. The molecule has 0 saturated heterocycles. The number of aromatic nitrogens is 2. The number of methoxy groups -OCH3 is 1. The third-order valence-corrected chi connectivity index (χ3v) is 5.36. The Bertz CT molecular complexity index is 978. The second-order valence-corrected chi connectivity index (χ2v) is 7.35. The fourth-order valence-electron chi connectivity index (χ4n) is 2.78. The Morgan fingerprint density at radius 2 is 1.85 bits per heavy atom. The normalized spacial score (nSPS) is 14.0. The fraction of sp³-hybridized carbons (Fsp3) is 0.190. The van der Waals surface area contributed by atoms with Crippen molar-refractivity contribution in [2.45, 2.75) is 18.8 Å². The molecule has 0 atom stereocenters. The van der Waals surface area contributed by atoms with Crippen LogP contribution in [0.3, 0.4) is 0 Å². The Hall–Kier alpha value is -2.99. The summed E-state index contributed by atoms with van der Waals surface area (Å²) in [6, 6.07) is 17.2. The summed E-state index contributed by atoms with van der Waals surface area (Å²) in [5.41, 5.74) is 2.21. The zero-order valence-electron chi connectivity index (χ0n) is 14.9. The van der Waals surface area contributed by atoms with Gasteiger partial charge in [-0.05, 0) is 30.5 Å². The van der Waals surface area contributed by atoms with E-state index in [0.717, 1.165) is 29.0 Å². The van der Waals surface area contributed by atoms with Crippen molar-refractivity contribution in [3.8, 4) is 5.75 Å². The number of amides is 1. The number of hydrogen-bond donors (Lipinski definition) is 1. The number of carbonyl (C=O) groups excluding carboxylic acids is 1. The van der Waals surface area contributed by atoms with Crippen molar-refractivity contribution in [2.24, 2.45) is 0 Å². The van der Waals surface area contributed by atoms with Crippen LogP contribution in [0.5, 0.6) is 5.75 Å². The molecule has 1 saturated carbocycles. The predicted molar refractivity (Wildman–Crippen MR) is 108 cm³/mol. The molecule has 1 aliphatic rings. The van der Waals surface area contributed by atoms with E-state index in [1.807, 2.05) is 60.7 Å². The highest BCUT2D eigenvalue weighted by Crippen LogP contribution is 2.42. The summed E-state index contributed by atoms with van der Waals surface area (Å²) in [4.78, 5) is 13.0. The average Bonchev–Trinajstić information content (AvgIpc) is 3.46. The van der Waals surface area contributed by atoms with Gasteiger partial charge in [-0.25, -0.2) is 0 Å². The molecule has 136 valence electrons. The van der Waals surface area contributed by atoms with Gasteiger partial charge in [-0.3, -0.25) is 10.1 Å². The summed E-state index contributed by atoms with van der Waals surface area (Å²) in [5, 5.41) is 12.7. The molecule has 5 nitrogen and oxygen atoms in total. The molecule has 0 radical (unpaired) electrons. The first kappa shape index (κ1) is 17.4. The van der Waals surface area contributed by atoms with Gasteiger partial charge in [0.15, 0.2) is 0 Å². The van der Waals surface area contributed by atoms with Gasteiger partial charge in [0.2, 0.25) is 5.13 Å². The molecule has 0 unspecified atom stereocenters. The van der Waals surface area contributed by atoms with Crippen LogP contribution >= 0.6 is 11.3 Å². The third-order valence-electron chi connectivity index (χ3n) is 4.36. The Labute approximate surface area is 161 Å². The lowest BCUT2D eigenvalue weighted by Crippen LogP contribution is -2.13. The van der Waals surface area contributed by atoms with Gasteiger partial charge in [-0.15, -0.1) is 10.2 Å². The SMILES string of the molecule is COc1ccccc1/C=C(/C(=O)Nc1nnc(C2CC2)s1)c1ccccc1. The zero-order valence-corrected chi connectivity index (χ0v) is 15.7. The van der Waals surface area contributed by atoms with Crippen molar-refractivity contribution in [3.63, 3.8) is 0 Å². The number of para-hydroxylation sites is 1. The maximum absolute atomic E-state index is 13.0. The van der Waals surface area contributed by atoms with Gasteiger partial charge in [0.05, 0.1) is 7.11 Å². The minimum Gasteiger partial charge on any atom is -0.496 e. The Morgan fingerprint density at radius 3 is 2.59 bits per heavy atom. The molecule has 27 heavy (non-hydrogen) atoms. The summed E-state index contributed by atoms with van der Waals surface area (Å²) in [6.45, 7) is 0. The van der Waals surface area contributed by atoms with Crippen molar-refractivity contribution in [1.82, 2.24) is 10.2 Å². The van der Waals surface area contributed by atoms with Crippen LogP contribution in [0, 0.1) is 0 Å². The quantitative estimate of drug-likeness (QED) is 0.503. The summed E-state index contributed by atoms with van der Waals surface area (Å²) in [5.74, 6) is 1.02. The molecule has 0 bridgehead atoms. The van der Waals surface area contributed by atoms with Crippen LogP contribution in [0.4, 0.5) is 5.13 Å². The Kier molecular flexibility index (Phi) is 4.98. The summed E-state index contributed by atoms with van der Waals surface area (Å²) in [6.07, 6.45) is 4.16. The zero-order chi connectivity index (χ0) is 18.6. The lowest BCUT2D eigenvalue weighted by atomic mass is 10.0. The van der Waals surface area contributed by atoms with E-state index >= 15 is 0 Å². The van der Waals surface area contributed by atoms with Crippen LogP contribution in [0.15, 0.2) is 54.6 Å². The van der Waals surface area contributed by atoms with E-state index < -0.39 is 0 Å². The van der Waals surface area contributed by atoms with Crippen molar-refractivity contribution in [2.75, 3.05) is 12.4 Å². The van der Waals surface area contributed by atoms with Crippen LogP contribution in [0.2, 0.25) is 0 Å². The number of rotatable bonds is 6. The van der Waals surface area contributed by atoms with E-state index in [1.54, 1.807) is 7.11 Å². The molecule has 1 heterocycles. The smallest absolute Gasteiger partial charge is 0.258 e. The van der Waals surface area contributed by atoms with Crippen LogP contribution < -0.4 is 10.1 Å². The first-order valence-corrected chi connectivity index (χ1v) is 9.61. The van der Waals surface area contributed by atoms with Gasteiger partial charge in [0, 0.05) is 17.1 Å². The maximum Gasteiger partial charge on any atom is 0.258 e. The topological polar surface area (TPSA) is 64.1 Å². The summed E-state index contributed by atoms with van der Waals surface area (Å²) in [7, 11) is 1.62. The van der Waals surface area contributed by atoms with E-state index in [2.05, 4.69) is 15.5 Å². The van der Waals surface area contributed by atoms with Crippen molar-refractivity contribution in [3.05, 3.63) is 70.7 Å². The summed E-state index contributed by atoms with van der Waals surface area (Å²) < 4.78 is 5.42. The van der Waals surface area contributed by atoms with Gasteiger partial charge in [-0.2, -0.15) is 0 Å². The first-order valence-electron chi connectivity index (χ1n) is 8.79. The molecule has 2 aromatic carbocycles. The summed E-state index contributed by atoms with van der Waals surface area (Å²) >= 11 is 1.45. The molecule has 1 N–H and O–H groups in total. The molecule has 6 heteroatoms. The van der Waals surface area contributed by atoms with Crippen LogP contribution in [0.1, 0.15) is 34.9 Å². The molecule has 1 fully saturated rings. The number of hydrogen-bond acceptors (Lipinski definition) is 5. The highest BCUT2D eigenvalue weighted by molar-refractivity contribution is 7.15. The minimum atomic E-state index is -0.217. The van der Waals surface area contributed by atoms with Crippen molar-refractivity contribution < 1.29 is 9.53 Å². The van der Waals surface area contributed by atoms with Crippen LogP contribution in [0.25, 0.3) is 11.6 Å². The van der Waals surface area contributed by atoms with Gasteiger partial charge in [0.25, 0.3) is 5.91 Å². The van der Waals surface area contributed by atoms with Gasteiger partial charge >= 0.3 is 0 Å². The molecule has 3 aromatic rings. The molecular weight excluding hydrogens is 358 g/mol. The number of nitrogens with zero attached hydrogens (tertiary/aromatic N) is 2. The Morgan fingerprint density at radius 1 is 1.11 bits per heavy atom. The lowest BCUT2D eigenvalue weighted by molar-refractivity contribution is -0.111. The Balaban J connectivity index is 1.66. The molecule has 1 amide bonds. The number of nitrogens with one attached hydrogen (secondary N) is 1. The van der Waals surface area contributed by atoms with Gasteiger partial charge in [-0.1, -0.05) is 59.9 Å². The number of benzene rings is 2. The van der Waals surface area contributed by atoms with Crippen LogP contribution in [-0.2, 0) is 4.79 Å². The van der Waals surface area contributed by atoms with Crippen LogP contribution in [-0.4, -0.2) is 23.2 Å². The third kappa shape index (κ3) is 4.06. The fourth-order valence-corrected chi connectivity index (χ4v) is 3.69. The predicted octanol–water partition coefficient (Wildman–Crippen LogP) is 4.60. The largest absolute Gasteiger partial charge is 0.496 e. The maximum atomic E-state index is 13.0. The molecule has 0 aliphatic heterocycles. The average molecular weight is 377 g/mol. The van der Waals surface area contributed by atoms with Crippen molar-refractivity contribution in [1.29, 1.82) is 0 Å². The molecule has 0 spiro atoms. The highest BCUT2D eigenvalue weighted by atomic mass is 32.1. The number of ether oxygens (including phenoxy) is 1. The van der Waals surface area contributed by atoms with E-state index in [0.29, 0.717) is 22.4 Å². The van der Waals surface area contributed by atoms with E-state index in [-0.39, 0.29) is 5.91 Å². The standard InChI is InChI=1S/C21H19N3O2S/c1-26-18-10-6-5-9-16(18)13-17(14-7-3-2-4-8-14)19(25)22-21-24-23-20(27-21)15-11-12-15/h2-10,13,15H,11-12H2,1H3,(H,22,24,25)/b17-13+. The monoisotopic (exact) mass is 377 g/mol. The first-order chi connectivity index (χ1) is 13.2. The molecule has 1 aromatic heterocycles. The van der Waals surface area contributed by atoms with E-state index in [4.69, 9.17) is 4.74 Å². The molecular formula is C21H19N3O2S. The number of carbonyl (C=O) groups is 1. The molecule has 4 rings (SSSR count). The van der Waals surface area contributed by atoms with Crippen molar-refractivity contribution >= 4 is 34.0 Å². The van der Waals surface area contributed by atoms with E-state index in [1.165, 1.54) is 11.3 Å². The lowest BCUT2D eigenvalue weighted by Gasteiger charge is -2.10. The van der Waals surface area contributed by atoms with Gasteiger partial charge < -0.3 is 4.74 Å². The number of anilines is 1. The highest BCUT2D eigenvalue weighted by Gasteiger charge is 2.28. The minimum absolute atomic E-state index is 0.217. The second kappa shape index (κ2) is 7.72.